The van der Waals surface area contributed by atoms with Crippen LogP contribution in [-0.2, 0) is 0 Å². The predicted molar refractivity (Wildman–Crippen MR) is 69.1 cm³/mol. The lowest BCUT2D eigenvalue weighted by molar-refractivity contribution is 0.665. The molecule has 1 N–H and O–H groups in total. The minimum absolute atomic E-state index is 0.0420. The smallest absolute Gasteiger partial charge is 0.0801 e. The number of hydrogen-bond acceptors (Lipinski definition) is 3. The van der Waals surface area contributed by atoms with E-state index in [-0.39, 0.29) is 6.04 Å². The van der Waals surface area contributed by atoms with Crippen LogP contribution in [0, 0.1) is 6.92 Å². The lowest BCUT2D eigenvalue weighted by Gasteiger charge is -2.15. The summed E-state index contributed by atoms with van der Waals surface area (Å²) in [6.07, 6.45) is 3.57. The summed E-state index contributed by atoms with van der Waals surface area (Å²) < 4.78 is 0. The van der Waals surface area contributed by atoms with Crippen LogP contribution in [0.15, 0.2) is 36.7 Å². The topological polar surface area (TPSA) is 37.8 Å². The third-order valence-corrected chi connectivity index (χ3v) is 2.84. The van der Waals surface area contributed by atoms with Gasteiger partial charge in [0.25, 0.3) is 0 Å². The summed E-state index contributed by atoms with van der Waals surface area (Å²) in [5.41, 5.74) is 2.94. The fraction of sp³-hybridized carbons (Fsp3) is 0.231. The molecule has 1 aromatic carbocycles. The van der Waals surface area contributed by atoms with Crippen molar-refractivity contribution in [2.45, 2.75) is 13.0 Å². The van der Waals surface area contributed by atoms with Gasteiger partial charge in [0.15, 0.2) is 0 Å². The first-order valence-corrected chi connectivity index (χ1v) is 5.80. The molecule has 17 heavy (non-hydrogen) atoms. The van der Waals surface area contributed by atoms with Crippen molar-refractivity contribution in [1.82, 2.24) is 15.3 Å². The molecule has 88 valence electrons. The van der Waals surface area contributed by atoms with Crippen molar-refractivity contribution in [3.05, 3.63) is 58.6 Å². The van der Waals surface area contributed by atoms with Crippen LogP contribution < -0.4 is 5.32 Å². The van der Waals surface area contributed by atoms with Crippen molar-refractivity contribution in [2.24, 2.45) is 0 Å². The van der Waals surface area contributed by atoms with E-state index >= 15 is 0 Å². The largest absolute Gasteiger partial charge is 0.308 e. The number of nitrogens with zero attached hydrogens (tertiary/aromatic N) is 2. The van der Waals surface area contributed by atoms with E-state index in [1.54, 1.807) is 12.4 Å². The van der Waals surface area contributed by atoms with Gasteiger partial charge in [0, 0.05) is 11.2 Å². The van der Waals surface area contributed by atoms with E-state index in [2.05, 4.69) is 15.3 Å². The zero-order chi connectivity index (χ0) is 12.3. The number of rotatable bonds is 3. The van der Waals surface area contributed by atoms with Crippen molar-refractivity contribution in [2.75, 3.05) is 7.05 Å². The number of aromatic nitrogens is 2. The molecule has 0 spiro atoms. The van der Waals surface area contributed by atoms with Gasteiger partial charge < -0.3 is 5.32 Å². The minimum atomic E-state index is 0.0420. The molecular formula is C13H14ClN3. The summed E-state index contributed by atoms with van der Waals surface area (Å²) in [6, 6.07) is 7.78. The summed E-state index contributed by atoms with van der Waals surface area (Å²) in [7, 11) is 1.90. The van der Waals surface area contributed by atoms with Gasteiger partial charge >= 0.3 is 0 Å². The van der Waals surface area contributed by atoms with Crippen LogP contribution in [-0.4, -0.2) is 17.0 Å². The van der Waals surface area contributed by atoms with Crippen molar-refractivity contribution in [1.29, 1.82) is 0 Å². The molecule has 1 aromatic heterocycles. The summed E-state index contributed by atoms with van der Waals surface area (Å²) in [6.45, 7) is 1.92. The second-order valence-corrected chi connectivity index (χ2v) is 4.29. The average molecular weight is 248 g/mol. The van der Waals surface area contributed by atoms with E-state index in [0.717, 1.165) is 22.0 Å². The third-order valence-electron chi connectivity index (χ3n) is 2.59. The van der Waals surface area contributed by atoms with Gasteiger partial charge in [-0.05, 0) is 31.7 Å². The Labute approximate surface area is 106 Å². The Kier molecular flexibility index (Phi) is 3.71. The highest BCUT2D eigenvalue weighted by Gasteiger charge is 2.13. The first kappa shape index (κ1) is 12.0. The first-order valence-electron chi connectivity index (χ1n) is 5.42. The molecule has 0 saturated carbocycles. The monoisotopic (exact) mass is 247 g/mol. The van der Waals surface area contributed by atoms with E-state index in [1.165, 1.54) is 0 Å². The highest BCUT2D eigenvalue weighted by atomic mass is 35.5. The number of nitrogens with one attached hydrogen (secondary N) is 1. The Hall–Kier alpha value is -1.45. The molecule has 0 aliphatic heterocycles. The lowest BCUT2D eigenvalue weighted by Crippen LogP contribution is -2.19. The van der Waals surface area contributed by atoms with E-state index in [9.17, 15) is 0 Å². The molecule has 4 heteroatoms. The summed E-state index contributed by atoms with van der Waals surface area (Å²) in [4.78, 5) is 8.65. The Morgan fingerprint density at radius 3 is 2.35 bits per heavy atom. The van der Waals surface area contributed by atoms with Gasteiger partial charge in [-0.25, -0.2) is 0 Å². The zero-order valence-electron chi connectivity index (χ0n) is 9.81. The molecule has 0 aliphatic carbocycles. The molecule has 0 radical (unpaired) electrons. The third kappa shape index (κ3) is 2.81. The average Bonchev–Trinajstić information content (AvgIpc) is 2.35. The van der Waals surface area contributed by atoms with E-state index in [1.807, 2.05) is 38.2 Å². The number of halogens is 1. The van der Waals surface area contributed by atoms with Crippen LogP contribution in [0.4, 0.5) is 0 Å². The van der Waals surface area contributed by atoms with Crippen molar-refractivity contribution in [3.8, 4) is 0 Å². The van der Waals surface area contributed by atoms with Crippen molar-refractivity contribution >= 4 is 11.6 Å². The maximum atomic E-state index is 5.88. The summed E-state index contributed by atoms with van der Waals surface area (Å²) in [5.74, 6) is 0. The molecule has 0 fully saturated rings. The first-order chi connectivity index (χ1) is 8.20. The number of benzene rings is 1. The van der Waals surface area contributed by atoms with Gasteiger partial charge in [-0.3, -0.25) is 9.97 Å². The van der Waals surface area contributed by atoms with Gasteiger partial charge in [-0.15, -0.1) is 0 Å². The molecule has 0 bridgehead atoms. The highest BCUT2D eigenvalue weighted by Crippen LogP contribution is 2.21. The van der Waals surface area contributed by atoms with Gasteiger partial charge in [0.1, 0.15) is 0 Å². The van der Waals surface area contributed by atoms with Crippen LogP contribution in [0.5, 0.6) is 0 Å². The van der Waals surface area contributed by atoms with Crippen LogP contribution in [0.1, 0.15) is 23.0 Å². The summed E-state index contributed by atoms with van der Waals surface area (Å²) in [5, 5.41) is 3.96. The van der Waals surface area contributed by atoms with Gasteiger partial charge in [0.05, 0.1) is 23.6 Å². The van der Waals surface area contributed by atoms with Crippen LogP contribution in [0.3, 0.4) is 0 Å². The van der Waals surface area contributed by atoms with Crippen LogP contribution in [0.2, 0.25) is 5.02 Å². The Balaban J connectivity index is 2.33. The Morgan fingerprint density at radius 1 is 1.12 bits per heavy atom. The molecule has 0 aliphatic rings. The zero-order valence-corrected chi connectivity index (χ0v) is 10.6. The molecule has 2 rings (SSSR count). The Bertz CT molecular complexity index is 434. The van der Waals surface area contributed by atoms with Crippen molar-refractivity contribution in [3.63, 3.8) is 0 Å². The maximum Gasteiger partial charge on any atom is 0.0801 e. The van der Waals surface area contributed by atoms with E-state index in [0.29, 0.717) is 0 Å². The standard InChI is InChI=1S/C13H14ClN3/c1-9-7-17-12(8-16-9)13(15-2)10-3-5-11(14)6-4-10/h3-8,13,15H,1-2H3. The van der Waals surface area contributed by atoms with E-state index in [4.69, 9.17) is 11.6 Å². The fourth-order valence-corrected chi connectivity index (χ4v) is 1.82. The number of aryl methyl sites for hydroxylation is 1. The predicted octanol–water partition coefficient (Wildman–Crippen LogP) is 2.75. The van der Waals surface area contributed by atoms with Gasteiger partial charge in [-0.1, -0.05) is 23.7 Å². The highest BCUT2D eigenvalue weighted by molar-refractivity contribution is 6.30. The molecule has 2 aromatic rings. The second kappa shape index (κ2) is 5.25. The molecule has 0 amide bonds. The maximum absolute atomic E-state index is 5.88. The fourth-order valence-electron chi connectivity index (χ4n) is 1.69. The Morgan fingerprint density at radius 2 is 1.82 bits per heavy atom. The molecule has 1 heterocycles. The number of hydrogen-bond donors (Lipinski definition) is 1. The van der Waals surface area contributed by atoms with Crippen LogP contribution >= 0.6 is 11.6 Å². The summed E-state index contributed by atoms with van der Waals surface area (Å²) >= 11 is 5.88. The molecule has 0 saturated heterocycles. The SMILES string of the molecule is CNC(c1ccc(Cl)cc1)c1cnc(C)cn1. The van der Waals surface area contributed by atoms with Gasteiger partial charge in [-0.2, -0.15) is 0 Å². The van der Waals surface area contributed by atoms with Crippen molar-refractivity contribution < 1.29 is 0 Å². The second-order valence-electron chi connectivity index (χ2n) is 3.86. The normalized spacial score (nSPS) is 12.4. The molecule has 3 nitrogen and oxygen atoms in total. The molecule has 1 unspecified atom stereocenters. The van der Waals surface area contributed by atoms with Gasteiger partial charge in [0.2, 0.25) is 0 Å². The quantitative estimate of drug-likeness (QED) is 0.906. The molecular weight excluding hydrogens is 234 g/mol. The van der Waals surface area contributed by atoms with Crippen LogP contribution in [0.25, 0.3) is 0 Å². The minimum Gasteiger partial charge on any atom is -0.308 e. The lowest BCUT2D eigenvalue weighted by atomic mass is 10.0. The van der Waals surface area contributed by atoms with E-state index < -0.39 is 0 Å². The molecule has 1 atom stereocenters.